The SMILES string of the molecule is Cc1noc(C)c1CSc1ccccc1C(=O)NCCO. The van der Waals surface area contributed by atoms with E-state index in [1.54, 1.807) is 17.8 Å². The Hall–Kier alpha value is -1.79. The zero-order valence-corrected chi connectivity index (χ0v) is 12.9. The van der Waals surface area contributed by atoms with Gasteiger partial charge in [-0.3, -0.25) is 4.79 Å². The van der Waals surface area contributed by atoms with Crippen LogP contribution in [0.5, 0.6) is 0 Å². The number of aliphatic hydroxyl groups is 1. The summed E-state index contributed by atoms with van der Waals surface area (Å²) in [4.78, 5) is 12.9. The highest BCUT2D eigenvalue weighted by molar-refractivity contribution is 7.98. The molecule has 0 spiro atoms. The Bertz CT molecular complexity index is 606. The Morgan fingerprint density at radius 3 is 2.81 bits per heavy atom. The number of nitrogens with zero attached hydrogens (tertiary/aromatic N) is 1. The van der Waals surface area contributed by atoms with Crippen LogP contribution in [0.1, 0.15) is 27.4 Å². The number of rotatable bonds is 6. The number of carbonyl (C=O) groups excluding carboxylic acids is 1. The maximum absolute atomic E-state index is 12.1. The predicted molar refractivity (Wildman–Crippen MR) is 81.4 cm³/mol. The van der Waals surface area contributed by atoms with E-state index in [2.05, 4.69) is 10.5 Å². The van der Waals surface area contributed by atoms with Gasteiger partial charge in [-0.15, -0.1) is 11.8 Å². The summed E-state index contributed by atoms with van der Waals surface area (Å²) in [5, 5.41) is 15.4. The molecule has 1 amide bonds. The van der Waals surface area contributed by atoms with Gasteiger partial charge in [0.1, 0.15) is 5.76 Å². The second-order valence-electron chi connectivity index (χ2n) is 4.57. The lowest BCUT2D eigenvalue weighted by Crippen LogP contribution is -2.26. The fraction of sp³-hybridized carbons (Fsp3) is 0.333. The highest BCUT2D eigenvalue weighted by atomic mass is 32.2. The fourth-order valence-corrected chi connectivity index (χ4v) is 3.11. The molecule has 0 saturated carbocycles. The summed E-state index contributed by atoms with van der Waals surface area (Å²) in [6.07, 6.45) is 0. The third-order valence-electron chi connectivity index (χ3n) is 3.08. The lowest BCUT2D eigenvalue weighted by molar-refractivity contribution is 0.0942. The molecule has 5 nitrogen and oxygen atoms in total. The molecular formula is C15H18N2O3S. The van der Waals surface area contributed by atoms with Crippen LogP contribution in [0.2, 0.25) is 0 Å². The van der Waals surface area contributed by atoms with Crippen molar-refractivity contribution in [3.8, 4) is 0 Å². The monoisotopic (exact) mass is 306 g/mol. The summed E-state index contributed by atoms with van der Waals surface area (Å²) in [5.74, 6) is 1.33. The van der Waals surface area contributed by atoms with Gasteiger partial charge in [0.05, 0.1) is 17.9 Å². The smallest absolute Gasteiger partial charge is 0.252 e. The number of aryl methyl sites for hydroxylation is 2. The van der Waals surface area contributed by atoms with E-state index in [1.165, 1.54) is 0 Å². The summed E-state index contributed by atoms with van der Waals surface area (Å²) >= 11 is 1.57. The van der Waals surface area contributed by atoms with Gasteiger partial charge in [-0.1, -0.05) is 17.3 Å². The molecule has 21 heavy (non-hydrogen) atoms. The molecule has 0 atom stereocenters. The van der Waals surface area contributed by atoms with Gasteiger partial charge in [0.25, 0.3) is 5.91 Å². The number of hydrogen-bond acceptors (Lipinski definition) is 5. The van der Waals surface area contributed by atoms with Crippen molar-refractivity contribution in [3.63, 3.8) is 0 Å². The summed E-state index contributed by atoms with van der Waals surface area (Å²) in [6.45, 7) is 3.98. The first kappa shape index (κ1) is 15.6. The van der Waals surface area contributed by atoms with Crippen LogP contribution in [0.4, 0.5) is 0 Å². The molecule has 0 fully saturated rings. The maximum Gasteiger partial charge on any atom is 0.252 e. The van der Waals surface area contributed by atoms with Crippen LogP contribution in [0.15, 0.2) is 33.7 Å². The molecular weight excluding hydrogens is 288 g/mol. The van der Waals surface area contributed by atoms with Gasteiger partial charge in [-0.05, 0) is 26.0 Å². The lowest BCUT2D eigenvalue weighted by Gasteiger charge is -2.09. The van der Waals surface area contributed by atoms with Crippen LogP contribution in [0.25, 0.3) is 0 Å². The molecule has 0 aliphatic carbocycles. The first-order valence-corrected chi connectivity index (χ1v) is 7.64. The number of thioether (sulfide) groups is 1. The van der Waals surface area contributed by atoms with Gasteiger partial charge >= 0.3 is 0 Å². The zero-order valence-electron chi connectivity index (χ0n) is 12.0. The second kappa shape index (κ2) is 7.28. The average molecular weight is 306 g/mol. The van der Waals surface area contributed by atoms with Gasteiger partial charge < -0.3 is 14.9 Å². The molecule has 0 aliphatic heterocycles. The van der Waals surface area contributed by atoms with E-state index in [0.717, 1.165) is 21.9 Å². The number of nitrogens with one attached hydrogen (secondary N) is 1. The molecule has 0 saturated heterocycles. The summed E-state index contributed by atoms with van der Waals surface area (Å²) in [5.41, 5.74) is 2.55. The summed E-state index contributed by atoms with van der Waals surface area (Å²) < 4.78 is 5.14. The number of benzene rings is 1. The van der Waals surface area contributed by atoms with Crippen LogP contribution >= 0.6 is 11.8 Å². The molecule has 0 radical (unpaired) electrons. The Kier molecular flexibility index (Phi) is 5.41. The first-order valence-electron chi connectivity index (χ1n) is 6.66. The van der Waals surface area contributed by atoms with E-state index in [9.17, 15) is 4.79 Å². The van der Waals surface area contributed by atoms with E-state index < -0.39 is 0 Å². The van der Waals surface area contributed by atoms with Crippen molar-refractivity contribution in [1.82, 2.24) is 10.5 Å². The van der Waals surface area contributed by atoms with Crippen LogP contribution in [0, 0.1) is 13.8 Å². The molecule has 2 aromatic rings. The van der Waals surface area contributed by atoms with Gasteiger partial charge in [-0.25, -0.2) is 0 Å². The first-order chi connectivity index (χ1) is 10.1. The lowest BCUT2D eigenvalue weighted by atomic mass is 10.2. The van der Waals surface area contributed by atoms with Crippen molar-refractivity contribution in [3.05, 3.63) is 46.8 Å². The average Bonchev–Trinajstić information content (AvgIpc) is 2.82. The molecule has 1 aromatic carbocycles. The van der Waals surface area contributed by atoms with Crippen molar-refractivity contribution in [1.29, 1.82) is 0 Å². The van der Waals surface area contributed by atoms with Crippen LogP contribution < -0.4 is 5.32 Å². The Morgan fingerprint density at radius 1 is 1.38 bits per heavy atom. The quantitative estimate of drug-likeness (QED) is 0.801. The number of aliphatic hydroxyl groups excluding tert-OH is 1. The minimum atomic E-state index is -0.175. The topological polar surface area (TPSA) is 75.4 Å². The molecule has 2 N–H and O–H groups in total. The number of carbonyl (C=O) groups is 1. The normalized spacial score (nSPS) is 10.6. The Morgan fingerprint density at radius 2 is 2.14 bits per heavy atom. The fourth-order valence-electron chi connectivity index (χ4n) is 1.90. The standard InChI is InChI=1S/C15H18N2O3S/c1-10-13(11(2)20-17-10)9-21-14-6-4-3-5-12(14)15(19)16-7-8-18/h3-6,18H,7-9H2,1-2H3,(H,16,19). The maximum atomic E-state index is 12.1. The van der Waals surface area contributed by atoms with Crippen LogP contribution in [0.3, 0.4) is 0 Å². The third kappa shape index (κ3) is 3.86. The summed E-state index contributed by atoms with van der Waals surface area (Å²) in [6, 6.07) is 7.42. The minimum absolute atomic E-state index is 0.0693. The molecule has 0 unspecified atom stereocenters. The van der Waals surface area contributed by atoms with Crippen molar-refractivity contribution >= 4 is 17.7 Å². The summed E-state index contributed by atoms with van der Waals surface area (Å²) in [7, 11) is 0. The molecule has 1 heterocycles. The molecule has 1 aromatic heterocycles. The van der Waals surface area contributed by atoms with Gasteiger partial charge in [0.15, 0.2) is 0 Å². The number of aromatic nitrogens is 1. The molecule has 0 aliphatic rings. The molecule has 0 bridgehead atoms. The van der Waals surface area contributed by atoms with E-state index in [4.69, 9.17) is 9.63 Å². The van der Waals surface area contributed by atoms with Gasteiger partial charge in [0, 0.05) is 22.8 Å². The second-order valence-corrected chi connectivity index (χ2v) is 5.58. The van der Waals surface area contributed by atoms with E-state index >= 15 is 0 Å². The third-order valence-corrected chi connectivity index (χ3v) is 4.18. The van der Waals surface area contributed by atoms with Crippen molar-refractivity contribution in [2.45, 2.75) is 24.5 Å². The van der Waals surface area contributed by atoms with Gasteiger partial charge in [-0.2, -0.15) is 0 Å². The van der Waals surface area contributed by atoms with E-state index in [-0.39, 0.29) is 19.1 Å². The van der Waals surface area contributed by atoms with E-state index in [0.29, 0.717) is 11.3 Å². The van der Waals surface area contributed by atoms with Crippen LogP contribution in [-0.4, -0.2) is 29.3 Å². The number of hydrogen-bond donors (Lipinski definition) is 2. The highest BCUT2D eigenvalue weighted by Gasteiger charge is 2.13. The molecule has 2 rings (SSSR count). The minimum Gasteiger partial charge on any atom is -0.395 e. The zero-order chi connectivity index (χ0) is 15.2. The van der Waals surface area contributed by atoms with Crippen molar-refractivity contribution < 1.29 is 14.4 Å². The number of amides is 1. The Balaban J connectivity index is 2.12. The molecule has 6 heteroatoms. The molecule has 112 valence electrons. The highest BCUT2D eigenvalue weighted by Crippen LogP contribution is 2.28. The van der Waals surface area contributed by atoms with Crippen LogP contribution in [-0.2, 0) is 5.75 Å². The van der Waals surface area contributed by atoms with Crippen molar-refractivity contribution in [2.75, 3.05) is 13.2 Å². The van der Waals surface area contributed by atoms with E-state index in [1.807, 2.05) is 32.0 Å². The van der Waals surface area contributed by atoms with Gasteiger partial charge in [0.2, 0.25) is 0 Å². The predicted octanol–water partition coefficient (Wildman–Crippen LogP) is 2.31. The van der Waals surface area contributed by atoms with Crippen molar-refractivity contribution in [2.24, 2.45) is 0 Å². The largest absolute Gasteiger partial charge is 0.395 e. The Labute approximate surface area is 127 Å².